The number of methoxy groups -OCH3 is 1. The lowest BCUT2D eigenvalue weighted by atomic mass is 10.2. The third-order valence-electron chi connectivity index (χ3n) is 2.95. The van der Waals surface area contributed by atoms with Crippen molar-refractivity contribution in [2.75, 3.05) is 25.6 Å². The van der Waals surface area contributed by atoms with Crippen molar-refractivity contribution in [3.8, 4) is 0 Å². The molecule has 0 saturated heterocycles. The van der Waals surface area contributed by atoms with Crippen LogP contribution in [0, 0.1) is 5.41 Å². The fourth-order valence-corrected chi connectivity index (χ4v) is 2.91. The van der Waals surface area contributed by atoms with E-state index < -0.39 is 0 Å². The normalized spacial score (nSPS) is 11.0. The van der Waals surface area contributed by atoms with Gasteiger partial charge in [-0.05, 0) is 19.1 Å². The minimum atomic E-state index is -0.237. The molecule has 7 heteroatoms. The quantitative estimate of drug-likeness (QED) is 0.467. The average molecular weight is 318 g/mol. The Morgan fingerprint density at radius 2 is 2.41 bits per heavy atom. The topological polar surface area (TPSA) is 78.3 Å². The molecule has 2 rings (SSSR count). The molecule has 0 aromatic carbocycles. The second kappa shape index (κ2) is 7.67. The third-order valence-corrected chi connectivity index (χ3v) is 3.98. The predicted molar refractivity (Wildman–Crippen MR) is 89.8 cm³/mol. The average Bonchev–Trinajstić information content (AvgIpc) is 2.97. The van der Waals surface area contributed by atoms with Gasteiger partial charge in [0.05, 0.1) is 17.8 Å². The summed E-state index contributed by atoms with van der Waals surface area (Å²) in [6, 6.07) is 3.68. The lowest BCUT2D eigenvalue weighted by Gasteiger charge is -2.09. The van der Waals surface area contributed by atoms with Crippen molar-refractivity contribution < 1.29 is 9.53 Å². The number of fused-ring (bicyclic) bond motifs is 1. The van der Waals surface area contributed by atoms with E-state index in [1.807, 2.05) is 12.1 Å². The van der Waals surface area contributed by atoms with Crippen molar-refractivity contribution in [1.82, 2.24) is 9.88 Å². The molecule has 2 heterocycles. The van der Waals surface area contributed by atoms with Crippen LogP contribution >= 0.6 is 11.3 Å². The molecule has 0 aliphatic rings. The molecule has 0 saturated carbocycles. The lowest BCUT2D eigenvalue weighted by Crippen LogP contribution is -2.22. The molecule has 0 spiro atoms. The third kappa shape index (κ3) is 3.49. The van der Waals surface area contributed by atoms with Gasteiger partial charge in [-0.3, -0.25) is 15.1 Å². The van der Waals surface area contributed by atoms with Gasteiger partial charge in [0.25, 0.3) is 5.91 Å². The van der Waals surface area contributed by atoms with E-state index in [2.05, 4.69) is 10.3 Å². The van der Waals surface area contributed by atoms with Crippen LogP contribution in [-0.2, 0) is 4.74 Å². The Hall–Kier alpha value is -2.25. The highest BCUT2D eigenvalue weighted by Gasteiger charge is 2.16. The van der Waals surface area contributed by atoms with Crippen LogP contribution in [0.5, 0.6) is 0 Å². The van der Waals surface area contributed by atoms with Gasteiger partial charge >= 0.3 is 0 Å². The van der Waals surface area contributed by atoms with Crippen LogP contribution < -0.4 is 5.32 Å². The van der Waals surface area contributed by atoms with Crippen molar-refractivity contribution >= 4 is 39.5 Å². The molecule has 1 amide bonds. The summed E-state index contributed by atoms with van der Waals surface area (Å²) >= 11 is 1.32. The van der Waals surface area contributed by atoms with E-state index in [0.717, 1.165) is 22.2 Å². The lowest BCUT2D eigenvalue weighted by molar-refractivity contribution is 0.0895. The van der Waals surface area contributed by atoms with E-state index in [4.69, 9.17) is 10.1 Å². The zero-order valence-electron chi connectivity index (χ0n) is 12.5. The molecular weight excluding hydrogens is 300 g/mol. The highest BCUT2D eigenvalue weighted by molar-refractivity contribution is 7.20. The van der Waals surface area contributed by atoms with Crippen LogP contribution in [0.15, 0.2) is 30.6 Å². The molecule has 6 nitrogen and oxygen atoms in total. The van der Waals surface area contributed by atoms with Gasteiger partial charge in [-0.2, -0.15) is 0 Å². The van der Waals surface area contributed by atoms with Crippen LogP contribution in [0.2, 0.25) is 0 Å². The molecule has 0 aliphatic carbocycles. The SMILES string of the molecule is C/C=C/N(C=N)C(=O)c1cc2c(NCCOC)ccnc2s1. The molecular formula is C15H18N4O2S. The molecule has 2 aromatic rings. The minimum Gasteiger partial charge on any atom is -0.383 e. The Labute approximate surface area is 132 Å². The number of aromatic nitrogens is 1. The molecule has 116 valence electrons. The van der Waals surface area contributed by atoms with Gasteiger partial charge in [0, 0.05) is 37.1 Å². The standard InChI is InChI=1S/C15H18N4O2S/c1-3-7-19(10-16)15(20)13-9-11-12(17-6-8-21-2)4-5-18-14(11)22-13/h3-5,7,9-10,16H,6,8H2,1-2H3,(H,17,18)/b7-3+,16-10?. The summed E-state index contributed by atoms with van der Waals surface area (Å²) in [7, 11) is 1.65. The number of hydrogen-bond acceptors (Lipinski definition) is 6. The maximum absolute atomic E-state index is 12.4. The largest absolute Gasteiger partial charge is 0.383 e. The zero-order valence-corrected chi connectivity index (χ0v) is 13.3. The number of nitrogens with zero attached hydrogens (tertiary/aromatic N) is 2. The van der Waals surface area contributed by atoms with Gasteiger partial charge in [-0.1, -0.05) is 6.08 Å². The van der Waals surface area contributed by atoms with Crippen molar-refractivity contribution in [2.45, 2.75) is 6.92 Å². The fraction of sp³-hybridized carbons (Fsp3) is 0.267. The molecule has 2 aromatic heterocycles. The summed E-state index contributed by atoms with van der Waals surface area (Å²) in [5.41, 5.74) is 0.921. The van der Waals surface area contributed by atoms with Gasteiger partial charge in [-0.15, -0.1) is 11.3 Å². The number of carbonyl (C=O) groups is 1. The zero-order chi connectivity index (χ0) is 15.9. The number of nitrogens with one attached hydrogen (secondary N) is 2. The molecule has 22 heavy (non-hydrogen) atoms. The molecule has 0 fully saturated rings. The second-order valence-corrected chi connectivity index (χ2v) is 5.46. The van der Waals surface area contributed by atoms with Crippen LogP contribution in [0.25, 0.3) is 10.2 Å². The first-order valence-electron chi connectivity index (χ1n) is 6.78. The van der Waals surface area contributed by atoms with E-state index in [-0.39, 0.29) is 5.91 Å². The first-order chi connectivity index (χ1) is 10.7. The number of anilines is 1. The van der Waals surface area contributed by atoms with E-state index in [0.29, 0.717) is 18.0 Å². The van der Waals surface area contributed by atoms with Gasteiger partial charge in [0.1, 0.15) is 4.83 Å². The Morgan fingerprint density at radius 3 is 3.09 bits per heavy atom. The smallest absolute Gasteiger partial charge is 0.273 e. The Bertz CT molecular complexity index is 696. The molecule has 0 unspecified atom stereocenters. The molecule has 0 radical (unpaired) electrons. The maximum atomic E-state index is 12.4. The van der Waals surface area contributed by atoms with Crippen molar-refractivity contribution in [3.63, 3.8) is 0 Å². The highest BCUT2D eigenvalue weighted by Crippen LogP contribution is 2.30. The van der Waals surface area contributed by atoms with Gasteiger partial charge in [0.15, 0.2) is 0 Å². The number of pyridine rings is 1. The van der Waals surface area contributed by atoms with Crippen LogP contribution in [0.3, 0.4) is 0 Å². The Kier molecular flexibility index (Phi) is 5.62. The van der Waals surface area contributed by atoms with E-state index in [9.17, 15) is 4.79 Å². The van der Waals surface area contributed by atoms with Gasteiger partial charge in [-0.25, -0.2) is 4.98 Å². The predicted octanol–water partition coefficient (Wildman–Crippen LogP) is 2.94. The van der Waals surface area contributed by atoms with E-state index in [1.165, 1.54) is 16.2 Å². The number of allylic oxidation sites excluding steroid dienone is 1. The van der Waals surface area contributed by atoms with Crippen LogP contribution in [0.4, 0.5) is 5.69 Å². The van der Waals surface area contributed by atoms with Crippen molar-refractivity contribution in [2.24, 2.45) is 0 Å². The number of ether oxygens (including phenoxy) is 1. The summed E-state index contributed by atoms with van der Waals surface area (Å²) in [6.45, 7) is 3.08. The summed E-state index contributed by atoms with van der Waals surface area (Å²) in [5, 5.41) is 11.5. The fourth-order valence-electron chi connectivity index (χ4n) is 1.94. The number of amides is 1. The number of rotatable bonds is 7. The summed E-state index contributed by atoms with van der Waals surface area (Å²) in [5.74, 6) is -0.237. The summed E-state index contributed by atoms with van der Waals surface area (Å²) < 4.78 is 5.02. The highest BCUT2D eigenvalue weighted by atomic mass is 32.1. The molecule has 0 bridgehead atoms. The Morgan fingerprint density at radius 1 is 1.59 bits per heavy atom. The summed E-state index contributed by atoms with van der Waals surface area (Å²) in [6.07, 6.45) is 5.98. The second-order valence-electron chi connectivity index (χ2n) is 4.43. The van der Waals surface area contributed by atoms with Crippen molar-refractivity contribution in [3.05, 3.63) is 35.5 Å². The number of thiophene rings is 1. The van der Waals surface area contributed by atoms with Crippen molar-refractivity contribution in [1.29, 1.82) is 5.41 Å². The monoisotopic (exact) mass is 318 g/mol. The molecule has 0 atom stereocenters. The first-order valence-corrected chi connectivity index (χ1v) is 7.60. The maximum Gasteiger partial charge on any atom is 0.273 e. The number of carbonyl (C=O) groups excluding carboxylic acids is 1. The minimum absolute atomic E-state index is 0.237. The summed E-state index contributed by atoms with van der Waals surface area (Å²) in [4.78, 5) is 19.3. The van der Waals surface area contributed by atoms with E-state index >= 15 is 0 Å². The van der Waals surface area contributed by atoms with Crippen LogP contribution in [0.1, 0.15) is 16.6 Å². The molecule has 2 N–H and O–H groups in total. The van der Waals surface area contributed by atoms with Crippen LogP contribution in [-0.4, -0.2) is 42.4 Å². The Balaban J connectivity index is 2.31. The van der Waals surface area contributed by atoms with Gasteiger partial charge in [0.2, 0.25) is 0 Å². The van der Waals surface area contributed by atoms with E-state index in [1.54, 1.807) is 32.5 Å². The van der Waals surface area contributed by atoms with Gasteiger partial charge < -0.3 is 10.1 Å². The number of hydrogen-bond donors (Lipinski definition) is 2. The molecule has 0 aliphatic heterocycles. The first kappa shape index (κ1) is 16.1.